The molecule has 1 amide bonds. The summed E-state index contributed by atoms with van der Waals surface area (Å²) in [6.07, 6.45) is -3.44. The van der Waals surface area contributed by atoms with E-state index in [0.717, 1.165) is 22.4 Å². The Morgan fingerprint density at radius 3 is 2.31 bits per heavy atom. The number of benzene rings is 3. The van der Waals surface area contributed by atoms with Crippen molar-refractivity contribution in [1.82, 2.24) is 0 Å². The lowest BCUT2D eigenvalue weighted by molar-refractivity contribution is -0.137. The van der Waals surface area contributed by atoms with Crippen molar-refractivity contribution in [3.63, 3.8) is 0 Å². The first-order valence-electron chi connectivity index (χ1n) is 8.58. The Labute approximate surface area is 164 Å². The lowest BCUT2D eigenvalue weighted by atomic mass is 10.0. The van der Waals surface area contributed by atoms with Crippen molar-refractivity contribution in [1.29, 1.82) is 0 Å². The van der Waals surface area contributed by atoms with Gasteiger partial charge >= 0.3 is 12.1 Å². The standard InChI is InChI=1S/C22H16F3NO3/c1-13(15-7-6-14-4-2-3-5-16(14)11-15)10-20(27)26-19-12-17(22(23,24)25)8-9-18(19)21(28)29/h2-12H,1H3,(H,26,27)(H,28,29). The van der Waals surface area contributed by atoms with Gasteiger partial charge in [0.25, 0.3) is 0 Å². The second kappa shape index (κ2) is 7.79. The van der Waals surface area contributed by atoms with Crippen LogP contribution in [0.15, 0.2) is 66.7 Å². The van der Waals surface area contributed by atoms with Gasteiger partial charge in [0.05, 0.1) is 16.8 Å². The maximum atomic E-state index is 12.9. The normalized spacial score (nSPS) is 12.1. The Morgan fingerprint density at radius 2 is 1.66 bits per heavy atom. The molecule has 0 bridgehead atoms. The minimum atomic E-state index is -4.66. The van der Waals surface area contributed by atoms with Crippen LogP contribution in [0.3, 0.4) is 0 Å². The van der Waals surface area contributed by atoms with Gasteiger partial charge in [0, 0.05) is 6.08 Å². The van der Waals surface area contributed by atoms with Gasteiger partial charge in [-0.05, 0) is 53.1 Å². The number of amides is 1. The Hall–Kier alpha value is -3.61. The molecule has 0 unspecified atom stereocenters. The summed E-state index contributed by atoms with van der Waals surface area (Å²) in [7, 11) is 0. The van der Waals surface area contributed by atoms with Crippen LogP contribution in [0, 0.1) is 0 Å². The molecule has 0 saturated heterocycles. The minimum absolute atomic E-state index is 0.417. The molecule has 0 heterocycles. The summed E-state index contributed by atoms with van der Waals surface area (Å²) in [5.41, 5.74) is -0.547. The third-order valence-corrected chi connectivity index (χ3v) is 4.39. The van der Waals surface area contributed by atoms with Crippen LogP contribution in [-0.2, 0) is 11.0 Å². The maximum Gasteiger partial charge on any atom is 0.416 e. The number of carbonyl (C=O) groups is 2. The van der Waals surface area contributed by atoms with E-state index in [4.69, 9.17) is 0 Å². The molecule has 0 aliphatic rings. The molecule has 0 atom stereocenters. The SMILES string of the molecule is CC(=CC(=O)Nc1cc(C(F)(F)F)ccc1C(=O)O)c1ccc2ccccc2c1. The van der Waals surface area contributed by atoms with Crippen molar-refractivity contribution in [2.24, 2.45) is 0 Å². The summed E-state index contributed by atoms with van der Waals surface area (Å²) in [6.45, 7) is 1.69. The molecule has 0 fully saturated rings. The van der Waals surface area contributed by atoms with Gasteiger partial charge in [0.1, 0.15) is 0 Å². The fourth-order valence-corrected chi connectivity index (χ4v) is 2.89. The van der Waals surface area contributed by atoms with Gasteiger partial charge in [-0.25, -0.2) is 4.79 Å². The summed E-state index contributed by atoms with van der Waals surface area (Å²) < 4.78 is 38.8. The van der Waals surface area contributed by atoms with Crippen molar-refractivity contribution in [3.8, 4) is 0 Å². The number of hydrogen-bond donors (Lipinski definition) is 2. The van der Waals surface area contributed by atoms with E-state index < -0.39 is 34.9 Å². The molecule has 3 aromatic carbocycles. The maximum absolute atomic E-state index is 12.9. The van der Waals surface area contributed by atoms with E-state index in [1.165, 1.54) is 6.08 Å². The highest BCUT2D eigenvalue weighted by atomic mass is 19.4. The van der Waals surface area contributed by atoms with Crippen molar-refractivity contribution in [3.05, 3.63) is 83.4 Å². The smallest absolute Gasteiger partial charge is 0.416 e. The van der Waals surface area contributed by atoms with Gasteiger partial charge in [-0.2, -0.15) is 13.2 Å². The van der Waals surface area contributed by atoms with E-state index in [1.54, 1.807) is 6.92 Å². The summed E-state index contributed by atoms with van der Waals surface area (Å²) in [4.78, 5) is 23.6. The number of rotatable bonds is 4. The van der Waals surface area contributed by atoms with E-state index in [2.05, 4.69) is 5.32 Å². The topological polar surface area (TPSA) is 66.4 Å². The molecule has 7 heteroatoms. The van der Waals surface area contributed by atoms with Crippen molar-refractivity contribution in [2.75, 3.05) is 5.32 Å². The van der Waals surface area contributed by atoms with Crippen LogP contribution in [0.1, 0.15) is 28.4 Å². The molecule has 2 N–H and O–H groups in total. The number of allylic oxidation sites excluding steroid dienone is 1. The van der Waals surface area contributed by atoms with E-state index in [-0.39, 0.29) is 0 Å². The molecule has 0 spiro atoms. The fraction of sp³-hybridized carbons (Fsp3) is 0.0909. The van der Waals surface area contributed by atoms with Gasteiger partial charge in [-0.1, -0.05) is 36.4 Å². The Morgan fingerprint density at radius 1 is 0.966 bits per heavy atom. The van der Waals surface area contributed by atoms with Gasteiger partial charge in [0.2, 0.25) is 5.91 Å². The molecular weight excluding hydrogens is 383 g/mol. The molecule has 0 saturated carbocycles. The first-order chi connectivity index (χ1) is 13.6. The number of aromatic carboxylic acids is 1. The van der Waals surface area contributed by atoms with Gasteiger partial charge in [0.15, 0.2) is 0 Å². The van der Waals surface area contributed by atoms with Crippen LogP contribution in [0.2, 0.25) is 0 Å². The average molecular weight is 399 g/mol. The van der Waals surface area contributed by atoms with Crippen LogP contribution in [0.4, 0.5) is 18.9 Å². The van der Waals surface area contributed by atoms with Crippen molar-refractivity contribution >= 4 is 33.9 Å². The summed E-state index contributed by atoms with van der Waals surface area (Å²) >= 11 is 0. The second-order valence-electron chi connectivity index (χ2n) is 6.44. The Kier molecular flexibility index (Phi) is 5.41. The van der Waals surface area contributed by atoms with E-state index in [9.17, 15) is 27.9 Å². The molecule has 3 aromatic rings. The highest BCUT2D eigenvalue weighted by molar-refractivity contribution is 6.07. The van der Waals surface area contributed by atoms with Gasteiger partial charge in [-0.3, -0.25) is 4.79 Å². The van der Waals surface area contributed by atoms with Gasteiger partial charge in [-0.15, -0.1) is 0 Å². The summed E-state index contributed by atoms with van der Waals surface area (Å²) in [5.74, 6) is -2.17. The predicted molar refractivity (Wildman–Crippen MR) is 105 cm³/mol. The van der Waals surface area contributed by atoms with Crippen molar-refractivity contribution in [2.45, 2.75) is 13.1 Å². The monoisotopic (exact) mass is 399 g/mol. The number of nitrogens with one attached hydrogen (secondary N) is 1. The van der Waals surface area contributed by atoms with E-state index in [0.29, 0.717) is 17.7 Å². The van der Waals surface area contributed by atoms with Crippen molar-refractivity contribution < 1.29 is 27.9 Å². The number of carboxylic acids is 1. The fourth-order valence-electron chi connectivity index (χ4n) is 2.89. The minimum Gasteiger partial charge on any atom is -0.478 e. The van der Waals surface area contributed by atoms with Crippen LogP contribution in [-0.4, -0.2) is 17.0 Å². The first kappa shape index (κ1) is 20.1. The summed E-state index contributed by atoms with van der Waals surface area (Å²) in [5, 5.41) is 13.4. The number of halogens is 3. The largest absolute Gasteiger partial charge is 0.478 e. The number of carbonyl (C=O) groups excluding carboxylic acids is 1. The van der Waals surface area contributed by atoms with E-state index >= 15 is 0 Å². The molecule has 0 aliphatic heterocycles. The molecular formula is C22H16F3NO3. The second-order valence-corrected chi connectivity index (χ2v) is 6.44. The molecule has 0 aliphatic carbocycles. The summed E-state index contributed by atoms with van der Waals surface area (Å²) in [6, 6.07) is 15.4. The van der Waals surface area contributed by atoms with Gasteiger partial charge < -0.3 is 10.4 Å². The zero-order chi connectivity index (χ0) is 21.2. The number of fused-ring (bicyclic) bond motifs is 1. The Balaban J connectivity index is 1.89. The highest BCUT2D eigenvalue weighted by Crippen LogP contribution is 2.32. The number of alkyl halides is 3. The lowest BCUT2D eigenvalue weighted by Gasteiger charge is -2.12. The zero-order valence-electron chi connectivity index (χ0n) is 15.2. The molecule has 148 valence electrons. The number of anilines is 1. The average Bonchev–Trinajstić information content (AvgIpc) is 2.66. The van der Waals surface area contributed by atoms with Crippen LogP contribution in [0.25, 0.3) is 16.3 Å². The molecule has 3 rings (SSSR count). The van der Waals surface area contributed by atoms with Crippen LogP contribution < -0.4 is 5.32 Å². The molecule has 0 aromatic heterocycles. The predicted octanol–water partition coefficient (Wildman–Crippen LogP) is 5.60. The quantitative estimate of drug-likeness (QED) is 0.562. The van der Waals surface area contributed by atoms with E-state index in [1.807, 2.05) is 42.5 Å². The number of hydrogen-bond acceptors (Lipinski definition) is 2. The zero-order valence-corrected chi connectivity index (χ0v) is 15.2. The van der Waals surface area contributed by atoms with Crippen LogP contribution >= 0.6 is 0 Å². The molecule has 4 nitrogen and oxygen atoms in total. The number of carboxylic acid groups (broad SMARTS) is 1. The van der Waals surface area contributed by atoms with Crippen LogP contribution in [0.5, 0.6) is 0 Å². The third kappa shape index (κ3) is 4.63. The lowest BCUT2D eigenvalue weighted by Crippen LogP contribution is -2.14. The third-order valence-electron chi connectivity index (χ3n) is 4.39. The molecule has 0 radical (unpaired) electrons. The first-order valence-corrected chi connectivity index (χ1v) is 8.58. The molecule has 29 heavy (non-hydrogen) atoms. The highest BCUT2D eigenvalue weighted by Gasteiger charge is 2.31. The Bertz CT molecular complexity index is 1130.